The van der Waals surface area contributed by atoms with Gasteiger partial charge in [0.1, 0.15) is 0 Å². The van der Waals surface area contributed by atoms with E-state index in [2.05, 4.69) is 69.2 Å². The summed E-state index contributed by atoms with van der Waals surface area (Å²) in [4.78, 5) is 0. The monoisotopic (exact) mass is 473 g/mol. The molecule has 1 fully saturated rings. The van der Waals surface area contributed by atoms with Gasteiger partial charge in [-0.3, -0.25) is 0 Å². The zero-order valence-electron chi connectivity index (χ0n) is 15.9. The Bertz CT molecular complexity index is 74.3. The average Bonchev–Trinajstić information content (AvgIpc) is 2.45. The summed E-state index contributed by atoms with van der Waals surface area (Å²) < 4.78 is 9.89. The molecule has 24 heavy (non-hydrogen) atoms. The van der Waals surface area contributed by atoms with E-state index in [4.69, 9.17) is 9.47 Å². The normalized spacial score (nSPS) is 9.75. The Balaban J connectivity index is -0.0000000216. The van der Waals surface area contributed by atoms with E-state index < -0.39 is 0 Å². The molecule has 2 nitrogen and oxygen atoms in total. The van der Waals surface area contributed by atoms with E-state index in [1.54, 1.807) is 0 Å². The summed E-state index contributed by atoms with van der Waals surface area (Å²) >= 11 is 0. The smallest absolute Gasteiger partial charge is 0.377 e. The van der Waals surface area contributed by atoms with Crippen LogP contribution in [-0.2, 0) is 9.47 Å². The fraction of sp³-hybridized carbons (Fsp3) is 0.211. The summed E-state index contributed by atoms with van der Waals surface area (Å²) in [6.45, 7) is 35.6. The number of rotatable bonds is 0. The molecule has 1 heterocycles. The van der Waals surface area contributed by atoms with Crippen LogP contribution in [0.15, 0.2) is 0 Å². The van der Waals surface area contributed by atoms with Gasteiger partial charge in [-0.15, -0.1) is 0 Å². The van der Waals surface area contributed by atoms with Gasteiger partial charge in [0.15, 0.2) is 0 Å². The first-order valence-corrected chi connectivity index (χ1v) is 6.24. The Morgan fingerprint density at radius 3 is 0.542 bits per heavy atom. The summed E-state index contributed by atoms with van der Waals surface area (Å²) in [5.41, 5.74) is 0. The van der Waals surface area contributed by atoms with Crippen LogP contribution in [0, 0.1) is 139 Å². The van der Waals surface area contributed by atoms with Crippen molar-refractivity contribution in [2.45, 2.75) is 0 Å². The second-order valence-corrected chi connectivity index (χ2v) is 2.67. The van der Waals surface area contributed by atoms with Crippen molar-refractivity contribution in [1.82, 2.24) is 0 Å². The Morgan fingerprint density at radius 2 is 0.500 bits per heavy atom. The minimum absolute atomic E-state index is 0. The average molecular weight is 475 g/mol. The van der Waals surface area contributed by atoms with Crippen LogP contribution in [0.25, 0.3) is 0 Å². The molecule has 0 bridgehead atoms. The second kappa shape index (κ2) is 84.3. The van der Waals surface area contributed by atoms with Crippen molar-refractivity contribution in [2.24, 2.45) is 0 Å². The first-order valence-electron chi connectivity index (χ1n) is 6.24. The molecule has 15 radical (unpaired) electrons. The van der Waals surface area contributed by atoms with Crippen LogP contribution in [0.3, 0.4) is 0 Å². The topological polar surface area (TPSA) is 18.5 Å². The molecule has 1 saturated heterocycles. The van der Waals surface area contributed by atoms with Crippen molar-refractivity contribution in [2.75, 3.05) is 26.4 Å². The van der Waals surface area contributed by atoms with Crippen molar-refractivity contribution in [3.63, 3.8) is 0 Å². The van der Waals surface area contributed by atoms with Gasteiger partial charge >= 0.3 is 37.7 Å². The molecule has 133 valence electrons. The van der Waals surface area contributed by atoms with Gasteiger partial charge in [-0.25, -0.2) is 0 Å². The van der Waals surface area contributed by atoms with Gasteiger partial charge in [0.2, 0.25) is 0 Å². The number of hydrogen-bond donors (Lipinski definition) is 0. The Labute approximate surface area is 210 Å². The second-order valence-electron chi connectivity index (χ2n) is 2.67. The minimum Gasteiger partial charge on any atom is -0.377 e. The Kier molecular flexibility index (Phi) is 177. The van der Waals surface area contributed by atoms with Crippen molar-refractivity contribution in [3.8, 4) is 0 Å². The van der Waals surface area contributed by atoms with Gasteiger partial charge in [0.25, 0.3) is 0 Å². The van der Waals surface area contributed by atoms with Gasteiger partial charge in [-0.2, -0.15) is 0 Å². The van der Waals surface area contributed by atoms with Crippen LogP contribution in [0.2, 0.25) is 0 Å². The SMILES string of the molecule is C1COCCO1.[CH2][CH][CH2].[CH2][CH][CH2].[CH2][CH][CH2].[CH2][CH][CH2].[CH2][CH][CH2].[Er].[Li+].[Li+]. The fourth-order valence-corrected chi connectivity index (χ4v) is 0.440. The van der Waals surface area contributed by atoms with Crippen molar-refractivity contribution in [1.29, 1.82) is 0 Å². The number of ether oxygens (including phenoxy) is 2. The molecule has 0 aromatic heterocycles. The summed E-state index contributed by atoms with van der Waals surface area (Å²) in [5, 5.41) is 0. The van der Waals surface area contributed by atoms with Crippen LogP contribution < -0.4 is 37.7 Å². The molecule has 0 N–H and O–H groups in total. The largest absolute Gasteiger partial charge is 1.00 e. The molecule has 1 rings (SSSR count). The molecule has 0 atom stereocenters. The van der Waals surface area contributed by atoms with E-state index in [0.717, 1.165) is 26.4 Å². The van der Waals surface area contributed by atoms with E-state index >= 15 is 0 Å². The fourth-order valence-electron chi connectivity index (χ4n) is 0.440. The third-order valence-corrected chi connectivity index (χ3v) is 0.744. The summed E-state index contributed by atoms with van der Waals surface area (Å²) in [7, 11) is 0. The molecule has 1 aliphatic heterocycles. The summed E-state index contributed by atoms with van der Waals surface area (Å²) in [6.07, 6.45) is 7.50. The van der Waals surface area contributed by atoms with Gasteiger partial charge in [0, 0.05) is 37.3 Å². The van der Waals surface area contributed by atoms with Gasteiger partial charge in [-0.05, 0) is 101 Å². The molecule has 0 unspecified atom stereocenters. The van der Waals surface area contributed by atoms with E-state index in [-0.39, 0.29) is 75.0 Å². The molecule has 5 heteroatoms. The van der Waals surface area contributed by atoms with Crippen LogP contribution in [0.4, 0.5) is 0 Å². The van der Waals surface area contributed by atoms with Gasteiger partial charge in [0.05, 0.1) is 26.4 Å². The molecule has 0 aromatic carbocycles. The molecule has 1 aliphatic rings. The predicted molar refractivity (Wildman–Crippen MR) is 96.7 cm³/mol. The van der Waals surface area contributed by atoms with E-state index in [9.17, 15) is 0 Å². The van der Waals surface area contributed by atoms with Gasteiger partial charge < -0.3 is 9.47 Å². The Hall–Kier alpha value is 2.36. The number of hydrogen-bond acceptors (Lipinski definition) is 2. The first-order chi connectivity index (χ1) is 10.1. The molecular formula is C19H33ErLi2O2+2. The van der Waals surface area contributed by atoms with E-state index in [0.29, 0.717) is 0 Å². The third kappa shape index (κ3) is 190. The van der Waals surface area contributed by atoms with Crippen molar-refractivity contribution >= 4 is 0 Å². The van der Waals surface area contributed by atoms with E-state index in [1.807, 2.05) is 0 Å². The van der Waals surface area contributed by atoms with Gasteiger partial charge in [-0.1, -0.05) is 0 Å². The van der Waals surface area contributed by atoms with E-state index in [1.165, 1.54) is 32.1 Å². The minimum atomic E-state index is 0. The summed E-state index contributed by atoms with van der Waals surface area (Å²) in [6, 6.07) is 0. The quantitative estimate of drug-likeness (QED) is 0.392. The molecule has 0 spiro atoms. The van der Waals surface area contributed by atoms with Crippen LogP contribution in [-0.4, -0.2) is 26.4 Å². The maximum absolute atomic E-state index is 4.94. The zero-order chi connectivity index (χ0) is 17.8. The third-order valence-electron chi connectivity index (χ3n) is 0.744. The predicted octanol–water partition coefficient (Wildman–Crippen LogP) is -1.66. The van der Waals surface area contributed by atoms with Crippen molar-refractivity contribution < 1.29 is 84.5 Å². The first kappa shape index (κ1) is 50.3. The van der Waals surface area contributed by atoms with Crippen LogP contribution in [0.5, 0.6) is 0 Å². The maximum atomic E-state index is 4.94. The standard InChI is InChI=1S/C4H8O2.5C3H5.Er.2Li/c1-2-6-4-3-5-1;5*1-3-2;;;/h1-4H2;5*3H,1-2H2;;;/q;;;;;;;2*+1. The maximum Gasteiger partial charge on any atom is 1.00 e. The Morgan fingerprint density at radius 1 is 0.417 bits per heavy atom. The molecule has 0 amide bonds. The molecular weight excluding hydrogens is 441 g/mol. The molecule has 0 aromatic rings. The van der Waals surface area contributed by atoms with Crippen LogP contribution in [0.1, 0.15) is 0 Å². The molecule has 0 saturated carbocycles. The zero-order valence-corrected chi connectivity index (χ0v) is 17.7. The molecule has 0 aliphatic carbocycles. The summed E-state index contributed by atoms with van der Waals surface area (Å²) in [5.74, 6) is 0. The van der Waals surface area contributed by atoms with Crippen molar-refractivity contribution in [3.05, 3.63) is 101 Å². The van der Waals surface area contributed by atoms with Crippen LogP contribution >= 0.6 is 0 Å².